The van der Waals surface area contributed by atoms with Crippen LogP contribution >= 0.6 is 11.3 Å². The molecule has 0 atom stereocenters. The zero-order chi connectivity index (χ0) is 21.8. The predicted octanol–water partition coefficient (Wildman–Crippen LogP) is 7.84. The van der Waals surface area contributed by atoms with Gasteiger partial charge in [0.05, 0.1) is 17.9 Å². The lowest BCUT2D eigenvalue weighted by atomic mass is 9.90. The van der Waals surface area contributed by atoms with Crippen molar-refractivity contribution in [2.24, 2.45) is 5.92 Å². The number of alkyl halides is 3. The molecule has 3 aromatic rings. The molecule has 1 aliphatic carbocycles. The Hall–Kier alpha value is -2.54. The van der Waals surface area contributed by atoms with Crippen LogP contribution in [0.4, 0.5) is 24.0 Å². The van der Waals surface area contributed by atoms with Gasteiger partial charge in [-0.25, -0.2) is 4.98 Å². The molecule has 3 nitrogen and oxygen atoms in total. The van der Waals surface area contributed by atoms with Gasteiger partial charge in [0.15, 0.2) is 5.13 Å². The topological polar surface area (TPSA) is 34.1 Å². The quantitative estimate of drug-likeness (QED) is 0.419. The van der Waals surface area contributed by atoms with Gasteiger partial charge in [-0.1, -0.05) is 43.0 Å². The predicted molar refractivity (Wildman–Crippen MR) is 119 cm³/mol. The number of nitrogens with zero attached hydrogens (tertiary/aromatic N) is 1. The van der Waals surface area contributed by atoms with Gasteiger partial charge in [0.1, 0.15) is 5.75 Å². The van der Waals surface area contributed by atoms with Crippen molar-refractivity contribution in [3.63, 3.8) is 0 Å². The van der Waals surface area contributed by atoms with E-state index >= 15 is 0 Å². The number of nitrogens with one attached hydrogen (secondary N) is 1. The standard InChI is InChI=1S/C24H25F3N2OS/c1-16-6-5-9-18(12-16)21-15-31-23(29-21)28-19-10-11-22(20(13-19)24(25,26)27)30-14-17-7-3-2-4-8-17/h5-6,9-13,15,17H,2-4,7-8,14H2,1H3,(H,28,29). The van der Waals surface area contributed by atoms with Crippen molar-refractivity contribution < 1.29 is 17.9 Å². The molecule has 0 aliphatic heterocycles. The molecule has 164 valence electrons. The highest BCUT2D eigenvalue weighted by Crippen LogP contribution is 2.39. The van der Waals surface area contributed by atoms with E-state index in [0.29, 0.717) is 23.3 Å². The van der Waals surface area contributed by atoms with E-state index in [1.807, 2.05) is 36.6 Å². The second-order valence-electron chi connectivity index (χ2n) is 8.06. The van der Waals surface area contributed by atoms with Gasteiger partial charge in [-0.2, -0.15) is 13.2 Å². The summed E-state index contributed by atoms with van der Waals surface area (Å²) in [5.74, 6) is 0.228. The van der Waals surface area contributed by atoms with Crippen molar-refractivity contribution in [1.29, 1.82) is 0 Å². The minimum absolute atomic E-state index is 0.108. The first-order chi connectivity index (χ1) is 14.9. The molecule has 0 amide bonds. The van der Waals surface area contributed by atoms with E-state index in [1.165, 1.54) is 23.8 Å². The van der Waals surface area contributed by atoms with Crippen LogP contribution in [-0.4, -0.2) is 11.6 Å². The second-order valence-corrected chi connectivity index (χ2v) is 8.91. The van der Waals surface area contributed by atoms with Crippen LogP contribution in [0.15, 0.2) is 47.8 Å². The van der Waals surface area contributed by atoms with Gasteiger partial charge in [0.2, 0.25) is 0 Å². The van der Waals surface area contributed by atoms with E-state index in [1.54, 1.807) is 6.07 Å². The van der Waals surface area contributed by atoms with Crippen LogP contribution < -0.4 is 10.1 Å². The first-order valence-electron chi connectivity index (χ1n) is 10.5. The zero-order valence-corrected chi connectivity index (χ0v) is 18.2. The summed E-state index contributed by atoms with van der Waals surface area (Å²) >= 11 is 1.36. The summed E-state index contributed by atoms with van der Waals surface area (Å²) in [6.07, 6.45) is 1.01. The number of benzene rings is 2. The van der Waals surface area contributed by atoms with E-state index in [2.05, 4.69) is 10.3 Å². The van der Waals surface area contributed by atoms with Gasteiger partial charge in [0, 0.05) is 16.6 Å². The molecule has 0 saturated heterocycles. The van der Waals surface area contributed by atoms with E-state index in [9.17, 15) is 13.2 Å². The molecule has 1 saturated carbocycles. The fourth-order valence-corrected chi connectivity index (χ4v) is 4.65. The molecule has 1 N–H and O–H groups in total. The molecule has 31 heavy (non-hydrogen) atoms. The van der Waals surface area contributed by atoms with Crippen LogP contribution in [0.2, 0.25) is 0 Å². The van der Waals surface area contributed by atoms with E-state index in [-0.39, 0.29) is 5.75 Å². The molecule has 4 rings (SSSR count). The van der Waals surface area contributed by atoms with Crippen molar-refractivity contribution in [2.75, 3.05) is 11.9 Å². The van der Waals surface area contributed by atoms with Crippen molar-refractivity contribution in [2.45, 2.75) is 45.2 Å². The van der Waals surface area contributed by atoms with Crippen molar-refractivity contribution in [3.8, 4) is 17.0 Å². The summed E-state index contributed by atoms with van der Waals surface area (Å²) in [5, 5.41) is 5.44. The van der Waals surface area contributed by atoms with E-state index in [4.69, 9.17) is 4.74 Å². The molecule has 1 aromatic heterocycles. The molecule has 7 heteroatoms. The summed E-state index contributed by atoms with van der Waals surface area (Å²) in [4.78, 5) is 4.52. The monoisotopic (exact) mass is 446 g/mol. The summed E-state index contributed by atoms with van der Waals surface area (Å²) in [7, 11) is 0. The minimum atomic E-state index is -4.49. The minimum Gasteiger partial charge on any atom is -0.493 e. The van der Waals surface area contributed by atoms with Crippen LogP contribution in [-0.2, 0) is 6.18 Å². The third kappa shape index (κ3) is 5.58. The Labute approximate surface area is 184 Å². The molecule has 1 heterocycles. The Morgan fingerprint density at radius 1 is 1.10 bits per heavy atom. The maximum Gasteiger partial charge on any atom is 0.420 e. The van der Waals surface area contributed by atoms with Crippen molar-refractivity contribution in [1.82, 2.24) is 4.98 Å². The Morgan fingerprint density at radius 2 is 1.90 bits per heavy atom. The summed E-state index contributed by atoms with van der Waals surface area (Å²) < 4.78 is 46.6. The van der Waals surface area contributed by atoms with Crippen LogP contribution in [0.1, 0.15) is 43.2 Å². The lowest BCUT2D eigenvalue weighted by Crippen LogP contribution is -2.17. The average Bonchev–Trinajstić information content (AvgIpc) is 3.21. The molecule has 1 aliphatic rings. The van der Waals surface area contributed by atoms with Gasteiger partial charge in [-0.15, -0.1) is 11.3 Å². The Balaban J connectivity index is 1.50. The highest BCUT2D eigenvalue weighted by atomic mass is 32.1. The summed E-state index contributed by atoms with van der Waals surface area (Å²) in [5.41, 5.74) is 2.47. The third-order valence-corrected chi connectivity index (χ3v) is 6.31. The van der Waals surface area contributed by atoms with Gasteiger partial charge >= 0.3 is 6.18 Å². The number of anilines is 2. The van der Waals surface area contributed by atoms with Crippen LogP contribution in [0.25, 0.3) is 11.3 Å². The Kier molecular flexibility index (Phi) is 6.51. The first kappa shape index (κ1) is 21.7. The molecule has 0 spiro atoms. The van der Waals surface area contributed by atoms with Crippen molar-refractivity contribution >= 4 is 22.2 Å². The van der Waals surface area contributed by atoms with Gasteiger partial charge < -0.3 is 10.1 Å². The largest absolute Gasteiger partial charge is 0.493 e. The third-order valence-electron chi connectivity index (χ3n) is 5.55. The maximum absolute atomic E-state index is 13.7. The number of hydrogen-bond donors (Lipinski definition) is 1. The normalized spacial score (nSPS) is 15.1. The van der Waals surface area contributed by atoms with Gasteiger partial charge in [0.25, 0.3) is 0 Å². The maximum atomic E-state index is 13.7. The lowest BCUT2D eigenvalue weighted by molar-refractivity contribution is -0.139. The number of ether oxygens (including phenoxy) is 1. The lowest BCUT2D eigenvalue weighted by Gasteiger charge is -2.23. The SMILES string of the molecule is Cc1cccc(-c2csc(Nc3ccc(OCC4CCCCC4)c(C(F)(F)F)c3)n2)c1. The average molecular weight is 447 g/mol. The van der Waals surface area contributed by atoms with Crippen molar-refractivity contribution in [3.05, 3.63) is 59.0 Å². The van der Waals surface area contributed by atoms with Crippen LogP contribution in [0, 0.1) is 12.8 Å². The van der Waals surface area contributed by atoms with Crippen LogP contribution in [0.5, 0.6) is 5.75 Å². The fraction of sp³-hybridized carbons (Fsp3) is 0.375. The first-order valence-corrected chi connectivity index (χ1v) is 11.4. The summed E-state index contributed by atoms with van der Waals surface area (Å²) in [6, 6.07) is 12.1. The van der Waals surface area contributed by atoms with Crippen LogP contribution in [0.3, 0.4) is 0 Å². The molecule has 1 fully saturated rings. The highest BCUT2D eigenvalue weighted by molar-refractivity contribution is 7.14. The number of hydrogen-bond acceptors (Lipinski definition) is 4. The van der Waals surface area contributed by atoms with Gasteiger partial charge in [-0.3, -0.25) is 0 Å². The zero-order valence-electron chi connectivity index (χ0n) is 17.3. The van der Waals surface area contributed by atoms with Gasteiger partial charge in [-0.05, 0) is 49.9 Å². The second kappa shape index (κ2) is 9.30. The Morgan fingerprint density at radius 3 is 2.65 bits per heavy atom. The number of halogens is 3. The number of thiazole rings is 1. The Bertz CT molecular complexity index is 1030. The molecular formula is C24H25F3N2OS. The van der Waals surface area contributed by atoms with E-state index < -0.39 is 11.7 Å². The molecular weight excluding hydrogens is 421 g/mol. The smallest absolute Gasteiger partial charge is 0.420 e. The number of aryl methyl sites for hydroxylation is 1. The van der Waals surface area contributed by atoms with E-state index in [0.717, 1.165) is 48.6 Å². The number of rotatable bonds is 6. The molecule has 0 bridgehead atoms. The molecule has 0 radical (unpaired) electrons. The number of aromatic nitrogens is 1. The highest BCUT2D eigenvalue weighted by Gasteiger charge is 2.35. The summed E-state index contributed by atoms with van der Waals surface area (Å²) in [6.45, 7) is 2.34. The fourth-order valence-electron chi connectivity index (χ4n) is 3.91. The molecule has 2 aromatic carbocycles. The molecule has 0 unspecified atom stereocenters.